The Morgan fingerprint density at radius 1 is 1.45 bits per heavy atom. The van der Waals surface area contributed by atoms with Crippen LogP contribution in [-0.2, 0) is 9.53 Å². The number of benzene rings is 1. The molecule has 0 aromatic heterocycles. The van der Waals surface area contributed by atoms with Crippen LogP contribution >= 0.6 is 0 Å². The molecule has 1 aliphatic heterocycles. The number of nitrogens with two attached hydrogens (primary N) is 1. The van der Waals surface area contributed by atoms with E-state index < -0.39 is 5.97 Å². The van der Waals surface area contributed by atoms with E-state index in [1.165, 1.54) is 4.90 Å². The van der Waals surface area contributed by atoms with Crippen molar-refractivity contribution in [3.8, 4) is 6.07 Å². The van der Waals surface area contributed by atoms with Crippen LogP contribution in [-0.4, -0.2) is 18.5 Å². The highest BCUT2D eigenvalue weighted by molar-refractivity contribution is 6.02. The number of hydrogen-bond acceptors (Lipinski definition) is 5. The van der Waals surface area contributed by atoms with Crippen LogP contribution < -0.4 is 10.6 Å². The second-order valence-corrected chi connectivity index (χ2v) is 4.15. The van der Waals surface area contributed by atoms with Crippen LogP contribution in [0.15, 0.2) is 35.7 Å². The summed E-state index contributed by atoms with van der Waals surface area (Å²) in [4.78, 5) is 24.6. The molecule has 0 saturated carbocycles. The lowest BCUT2D eigenvalue weighted by Crippen LogP contribution is -2.28. The summed E-state index contributed by atoms with van der Waals surface area (Å²) < 4.78 is 4.87. The minimum Gasteiger partial charge on any atom is -0.462 e. The molecule has 1 aromatic rings. The van der Waals surface area contributed by atoms with Gasteiger partial charge in [0.15, 0.2) is 0 Å². The highest BCUT2D eigenvalue weighted by atomic mass is 16.5. The summed E-state index contributed by atoms with van der Waals surface area (Å²) in [5.74, 6) is -0.544. The first-order valence-electron chi connectivity index (χ1n) is 6.07. The maximum Gasteiger partial charge on any atom is 0.338 e. The lowest BCUT2D eigenvalue weighted by atomic mass is 10.2. The first-order chi connectivity index (χ1) is 9.58. The lowest BCUT2D eigenvalue weighted by Gasteiger charge is -2.17. The zero-order valence-corrected chi connectivity index (χ0v) is 10.9. The van der Waals surface area contributed by atoms with Crippen molar-refractivity contribution < 1.29 is 14.3 Å². The van der Waals surface area contributed by atoms with E-state index in [0.717, 1.165) is 0 Å². The number of carbonyl (C=O) groups excluding carboxylic acids is 2. The van der Waals surface area contributed by atoms with E-state index in [-0.39, 0.29) is 23.7 Å². The summed E-state index contributed by atoms with van der Waals surface area (Å²) >= 11 is 0. The number of esters is 1. The van der Waals surface area contributed by atoms with Gasteiger partial charge in [0.1, 0.15) is 5.82 Å². The zero-order chi connectivity index (χ0) is 14.7. The van der Waals surface area contributed by atoms with Crippen molar-refractivity contribution in [3.05, 3.63) is 41.2 Å². The van der Waals surface area contributed by atoms with Crippen LogP contribution in [0, 0.1) is 11.3 Å². The number of anilines is 1. The molecule has 0 aliphatic carbocycles. The summed E-state index contributed by atoms with van der Waals surface area (Å²) in [5.41, 5.74) is 6.94. The molecule has 1 amide bonds. The summed E-state index contributed by atoms with van der Waals surface area (Å²) in [6.45, 7) is 2.02. The molecule has 1 heterocycles. The largest absolute Gasteiger partial charge is 0.462 e. The van der Waals surface area contributed by atoms with Crippen LogP contribution in [0.1, 0.15) is 23.7 Å². The Morgan fingerprint density at radius 3 is 2.60 bits per heavy atom. The molecule has 0 radical (unpaired) electrons. The number of nitriles is 1. The van der Waals surface area contributed by atoms with Crippen molar-refractivity contribution in [1.29, 1.82) is 5.26 Å². The van der Waals surface area contributed by atoms with Crippen LogP contribution in [0.3, 0.4) is 0 Å². The second kappa shape index (κ2) is 5.45. The number of amides is 1. The normalized spacial score (nSPS) is 14.4. The monoisotopic (exact) mass is 271 g/mol. The van der Waals surface area contributed by atoms with Crippen molar-refractivity contribution in [3.63, 3.8) is 0 Å². The van der Waals surface area contributed by atoms with Crippen molar-refractivity contribution in [1.82, 2.24) is 0 Å². The Balaban J connectivity index is 2.27. The summed E-state index contributed by atoms with van der Waals surface area (Å²) in [5, 5.41) is 8.87. The average Bonchev–Trinajstić information content (AvgIpc) is 2.74. The zero-order valence-electron chi connectivity index (χ0n) is 10.9. The maximum absolute atomic E-state index is 11.8. The van der Waals surface area contributed by atoms with Gasteiger partial charge in [-0.15, -0.1) is 0 Å². The molecule has 1 aromatic carbocycles. The average molecular weight is 271 g/mol. The molecule has 0 spiro atoms. The number of hydrogen-bond donors (Lipinski definition) is 1. The Hall–Kier alpha value is -2.81. The van der Waals surface area contributed by atoms with E-state index in [9.17, 15) is 9.59 Å². The second-order valence-electron chi connectivity index (χ2n) is 4.15. The van der Waals surface area contributed by atoms with E-state index in [1.54, 1.807) is 31.2 Å². The predicted molar refractivity (Wildman–Crippen MR) is 71.3 cm³/mol. The number of ether oxygens (including phenoxy) is 1. The van der Waals surface area contributed by atoms with Crippen molar-refractivity contribution in [2.75, 3.05) is 11.5 Å². The Labute approximate surface area is 116 Å². The molecule has 6 heteroatoms. The molecule has 0 fully saturated rings. The fourth-order valence-corrected chi connectivity index (χ4v) is 1.93. The van der Waals surface area contributed by atoms with Gasteiger partial charge >= 0.3 is 5.97 Å². The molecule has 0 bridgehead atoms. The van der Waals surface area contributed by atoms with E-state index in [4.69, 9.17) is 15.7 Å². The molecule has 6 nitrogen and oxygen atoms in total. The molecule has 1 aliphatic rings. The highest BCUT2D eigenvalue weighted by Gasteiger charge is 2.29. The molecule has 2 N–H and O–H groups in total. The van der Waals surface area contributed by atoms with Gasteiger partial charge in [0.25, 0.3) is 0 Å². The van der Waals surface area contributed by atoms with Gasteiger partial charge in [0, 0.05) is 0 Å². The van der Waals surface area contributed by atoms with Crippen molar-refractivity contribution in [2.45, 2.75) is 13.3 Å². The smallest absolute Gasteiger partial charge is 0.338 e. The lowest BCUT2D eigenvalue weighted by molar-refractivity contribution is -0.116. The number of nitrogens with zero attached hydrogens (tertiary/aromatic N) is 2. The van der Waals surface area contributed by atoms with Crippen LogP contribution in [0.5, 0.6) is 0 Å². The van der Waals surface area contributed by atoms with Gasteiger partial charge in [-0.3, -0.25) is 9.69 Å². The molecule has 20 heavy (non-hydrogen) atoms. The van der Waals surface area contributed by atoms with Crippen LogP contribution in [0.4, 0.5) is 5.69 Å². The van der Waals surface area contributed by atoms with Gasteiger partial charge in [-0.25, -0.2) is 4.79 Å². The Bertz CT molecular complexity index is 626. The molecule has 2 rings (SSSR count). The molecule has 102 valence electrons. The minimum atomic E-state index is -0.423. The standard InChI is InChI=1S/C14H13N3O3/c1-2-20-14(19)9-3-5-11(6-4-9)17-12(18)7-10(8-15)13(17)16/h3-6H,2,7,16H2,1H3. The van der Waals surface area contributed by atoms with Crippen molar-refractivity contribution >= 4 is 17.6 Å². The predicted octanol–water partition coefficient (Wildman–Crippen LogP) is 1.29. The van der Waals surface area contributed by atoms with Gasteiger partial charge < -0.3 is 10.5 Å². The van der Waals surface area contributed by atoms with E-state index in [0.29, 0.717) is 17.9 Å². The third kappa shape index (κ3) is 2.34. The van der Waals surface area contributed by atoms with Gasteiger partial charge in [-0.1, -0.05) is 0 Å². The molecular formula is C14H13N3O3. The summed E-state index contributed by atoms with van der Waals surface area (Å²) in [6.07, 6.45) is 0.00195. The molecule has 0 unspecified atom stereocenters. The first-order valence-corrected chi connectivity index (χ1v) is 6.07. The minimum absolute atomic E-state index is 0.00195. The van der Waals surface area contributed by atoms with E-state index in [1.807, 2.05) is 6.07 Å². The van der Waals surface area contributed by atoms with Crippen molar-refractivity contribution in [2.24, 2.45) is 5.73 Å². The highest BCUT2D eigenvalue weighted by Crippen LogP contribution is 2.27. The summed E-state index contributed by atoms with van der Waals surface area (Å²) in [7, 11) is 0. The quantitative estimate of drug-likeness (QED) is 0.835. The molecular weight excluding hydrogens is 258 g/mol. The Morgan fingerprint density at radius 2 is 2.10 bits per heavy atom. The third-order valence-corrected chi connectivity index (χ3v) is 2.90. The topological polar surface area (TPSA) is 96.4 Å². The van der Waals surface area contributed by atoms with Crippen LogP contribution in [0.25, 0.3) is 0 Å². The van der Waals surface area contributed by atoms with E-state index >= 15 is 0 Å². The third-order valence-electron chi connectivity index (χ3n) is 2.90. The maximum atomic E-state index is 11.8. The fourth-order valence-electron chi connectivity index (χ4n) is 1.93. The Kier molecular flexibility index (Phi) is 3.71. The SMILES string of the molecule is CCOC(=O)c1ccc(N2C(=O)CC(C#N)=C2N)cc1. The molecule has 0 saturated heterocycles. The van der Waals surface area contributed by atoms with Gasteiger partial charge in [-0.05, 0) is 31.2 Å². The van der Waals surface area contributed by atoms with Crippen LogP contribution in [0.2, 0.25) is 0 Å². The summed E-state index contributed by atoms with van der Waals surface area (Å²) in [6, 6.07) is 8.20. The van der Waals surface area contributed by atoms with Gasteiger partial charge in [0.2, 0.25) is 5.91 Å². The molecule has 0 atom stereocenters. The number of rotatable bonds is 3. The van der Waals surface area contributed by atoms with Gasteiger partial charge in [-0.2, -0.15) is 5.26 Å². The number of carbonyl (C=O) groups is 2. The van der Waals surface area contributed by atoms with Gasteiger partial charge in [0.05, 0.1) is 35.9 Å². The fraction of sp³-hybridized carbons (Fsp3) is 0.214. The first kappa shape index (κ1) is 13.6. The van der Waals surface area contributed by atoms with E-state index in [2.05, 4.69) is 0 Å².